The zero-order valence-electron chi connectivity index (χ0n) is 7.59. The van der Waals surface area contributed by atoms with Crippen LogP contribution in [0.1, 0.15) is 29.6 Å². The molecule has 74 valence electrons. The summed E-state index contributed by atoms with van der Waals surface area (Å²) in [7, 11) is 0. The lowest BCUT2D eigenvalue weighted by Gasteiger charge is -2.24. The SMILES string of the molecule is O=C(c1ccc(F)cc1I)C1CCC1. The van der Waals surface area contributed by atoms with Crippen LogP contribution in [0.25, 0.3) is 0 Å². The summed E-state index contributed by atoms with van der Waals surface area (Å²) in [6.07, 6.45) is 3.13. The van der Waals surface area contributed by atoms with Crippen molar-refractivity contribution in [2.75, 3.05) is 0 Å². The van der Waals surface area contributed by atoms with Crippen molar-refractivity contribution in [2.45, 2.75) is 19.3 Å². The van der Waals surface area contributed by atoms with Crippen molar-refractivity contribution in [2.24, 2.45) is 5.92 Å². The molecule has 14 heavy (non-hydrogen) atoms. The van der Waals surface area contributed by atoms with Gasteiger partial charge in [0.1, 0.15) is 5.82 Å². The standard InChI is InChI=1S/C11H10FIO/c12-8-4-5-9(10(13)6-8)11(14)7-2-1-3-7/h4-7H,1-3H2. The molecule has 0 atom stereocenters. The molecule has 2 rings (SSSR count). The molecule has 1 aliphatic rings. The Morgan fingerprint density at radius 3 is 2.64 bits per heavy atom. The number of hydrogen-bond donors (Lipinski definition) is 0. The Morgan fingerprint density at radius 1 is 1.43 bits per heavy atom. The van der Waals surface area contributed by atoms with Crippen LogP contribution in [0, 0.1) is 15.3 Å². The summed E-state index contributed by atoms with van der Waals surface area (Å²) in [5.41, 5.74) is 0.678. The predicted octanol–water partition coefficient (Wildman–Crippen LogP) is 3.41. The van der Waals surface area contributed by atoms with Crippen LogP contribution in [0.4, 0.5) is 4.39 Å². The van der Waals surface area contributed by atoms with E-state index in [1.807, 2.05) is 22.6 Å². The number of carbonyl (C=O) groups excluding carboxylic acids is 1. The third-order valence-electron chi connectivity index (χ3n) is 2.67. The Kier molecular flexibility index (Phi) is 2.85. The van der Waals surface area contributed by atoms with E-state index in [1.165, 1.54) is 12.1 Å². The van der Waals surface area contributed by atoms with E-state index in [2.05, 4.69) is 0 Å². The third kappa shape index (κ3) is 1.82. The number of Topliss-reactive ketones (excluding diaryl/α,β-unsaturated/α-hetero) is 1. The van der Waals surface area contributed by atoms with Gasteiger partial charge in [-0.1, -0.05) is 6.42 Å². The number of ketones is 1. The summed E-state index contributed by atoms with van der Waals surface area (Å²) in [6.45, 7) is 0. The summed E-state index contributed by atoms with van der Waals surface area (Å²) in [5.74, 6) is 0.0918. The fourth-order valence-corrected chi connectivity index (χ4v) is 2.32. The quantitative estimate of drug-likeness (QED) is 0.604. The fourth-order valence-electron chi connectivity index (χ4n) is 1.58. The van der Waals surface area contributed by atoms with Crippen molar-refractivity contribution in [1.82, 2.24) is 0 Å². The van der Waals surface area contributed by atoms with Gasteiger partial charge in [-0.25, -0.2) is 4.39 Å². The molecular weight excluding hydrogens is 294 g/mol. The van der Waals surface area contributed by atoms with Gasteiger partial charge in [-0.2, -0.15) is 0 Å². The number of halogens is 2. The van der Waals surface area contributed by atoms with Crippen LogP contribution >= 0.6 is 22.6 Å². The van der Waals surface area contributed by atoms with Gasteiger partial charge >= 0.3 is 0 Å². The average Bonchev–Trinajstić information content (AvgIpc) is 2.00. The zero-order chi connectivity index (χ0) is 10.1. The van der Waals surface area contributed by atoms with Crippen molar-refractivity contribution in [3.05, 3.63) is 33.1 Å². The van der Waals surface area contributed by atoms with E-state index in [-0.39, 0.29) is 17.5 Å². The van der Waals surface area contributed by atoms with Gasteiger partial charge in [-0.15, -0.1) is 0 Å². The molecule has 0 unspecified atom stereocenters. The summed E-state index contributed by atoms with van der Waals surface area (Å²) < 4.78 is 13.5. The van der Waals surface area contributed by atoms with Crippen molar-refractivity contribution < 1.29 is 9.18 Å². The van der Waals surface area contributed by atoms with E-state index < -0.39 is 0 Å². The lowest BCUT2D eigenvalue weighted by Crippen LogP contribution is -2.22. The molecule has 0 aromatic heterocycles. The first-order chi connectivity index (χ1) is 6.68. The Morgan fingerprint density at radius 2 is 2.14 bits per heavy atom. The van der Waals surface area contributed by atoms with Crippen molar-refractivity contribution >= 4 is 28.4 Å². The first-order valence-corrected chi connectivity index (χ1v) is 5.75. The van der Waals surface area contributed by atoms with Crippen molar-refractivity contribution in [1.29, 1.82) is 0 Å². The molecule has 0 amide bonds. The van der Waals surface area contributed by atoms with Gasteiger partial charge in [-0.05, 0) is 53.6 Å². The van der Waals surface area contributed by atoms with Gasteiger partial charge in [0.2, 0.25) is 0 Å². The minimum atomic E-state index is -0.278. The monoisotopic (exact) mass is 304 g/mol. The normalized spacial score (nSPS) is 16.4. The Labute approximate surface area is 95.8 Å². The van der Waals surface area contributed by atoms with E-state index in [9.17, 15) is 9.18 Å². The number of benzene rings is 1. The molecule has 1 nitrogen and oxygen atoms in total. The van der Waals surface area contributed by atoms with Crippen LogP contribution in [0.5, 0.6) is 0 Å². The van der Waals surface area contributed by atoms with Gasteiger partial charge in [0.05, 0.1) is 0 Å². The molecule has 1 fully saturated rings. The zero-order valence-corrected chi connectivity index (χ0v) is 9.75. The largest absolute Gasteiger partial charge is 0.294 e. The van der Waals surface area contributed by atoms with E-state index in [0.717, 1.165) is 22.8 Å². The predicted molar refractivity (Wildman–Crippen MR) is 60.8 cm³/mol. The first kappa shape index (κ1) is 10.1. The molecule has 0 heterocycles. The number of hydrogen-bond acceptors (Lipinski definition) is 1. The van der Waals surface area contributed by atoms with Crippen LogP contribution < -0.4 is 0 Å². The molecule has 3 heteroatoms. The van der Waals surface area contributed by atoms with Gasteiger partial charge in [0.15, 0.2) is 5.78 Å². The number of rotatable bonds is 2. The summed E-state index contributed by atoms with van der Waals surface area (Å²) in [4.78, 5) is 11.8. The topological polar surface area (TPSA) is 17.1 Å². The molecule has 0 N–H and O–H groups in total. The third-order valence-corrected chi connectivity index (χ3v) is 3.57. The van der Waals surface area contributed by atoms with Crippen LogP contribution in [0.3, 0.4) is 0 Å². The van der Waals surface area contributed by atoms with Crippen LogP contribution in [-0.4, -0.2) is 5.78 Å². The van der Waals surface area contributed by atoms with Crippen molar-refractivity contribution in [3.8, 4) is 0 Å². The molecule has 0 spiro atoms. The maximum atomic E-state index is 12.8. The molecule has 1 aliphatic carbocycles. The van der Waals surface area contributed by atoms with E-state index in [4.69, 9.17) is 0 Å². The highest BCUT2D eigenvalue weighted by atomic mass is 127. The second-order valence-electron chi connectivity index (χ2n) is 3.62. The number of carbonyl (C=O) groups is 1. The first-order valence-electron chi connectivity index (χ1n) is 4.68. The Bertz CT molecular complexity index is 372. The van der Waals surface area contributed by atoms with Gasteiger partial charge in [-0.3, -0.25) is 4.79 Å². The molecule has 1 aromatic rings. The summed E-state index contributed by atoms with van der Waals surface area (Å²) in [6, 6.07) is 4.36. The minimum absolute atomic E-state index is 0.181. The average molecular weight is 304 g/mol. The van der Waals surface area contributed by atoms with Gasteiger partial charge in [0.25, 0.3) is 0 Å². The Balaban J connectivity index is 2.26. The molecule has 0 bridgehead atoms. The summed E-state index contributed by atoms with van der Waals surface area (Å²) in [5, 5.41) is 0. The lowest BCUT2D eigenvalue weighted by molar-refractivity contribution is 0.0854. The van der Waals surface area contributed by atoms with E-state index in [0.29, 0.717) is 5.56 Å². The molecule has 1 aromatic carbocycles. The van der Waals surface area contributed by atoms with Crippen LogP contribution in [-0.2, 0) is 0 Å². The van der Waals surface area contributed by atoms with E-state index in [1.54, 1.807) is 6.07 Å². The smallest absolute Gasteiger partial charge is 0.167 e. The maximum absolute atomic E-state index is 12.8. The minimum Gasteiger partial charge on any atom is -0.294 e. The summed E-state index contributed by atoms with van der Waals surface area (Å²) >= 11 is 2.01. The second kappa shape index (κ2) is 3.96. The van der Waals surface area contributed by atoms with Crippen LogP contribution in [0.2, 0.25) is 0 Å². The fraction of sp³-hybridized carbons (Fsp3) is 0.364. The van der Waals surface area contributed by atoms with Crippen LogP contribution in [0.15, 0.2) is 18.2 Å². The molecule has 1 saturated carbocycles. The second-order valence-corrected chi connectivity index (χ2v) is 4.78. The Hall–Kier alpha value is -0.450. The maximum Gasteiger partial charge on any atom is 0.167 e. The molecular formula is C11H10FIO. The molecule has 0 saturated heterocycles. The van der Waals surface area contributed by atoms with Gasteiger partial charge in [0, 0.05) is 15.1 Å². The lowest BCUT2D eigenvalue weighted by atomic mass is 9.80. The highest BCUT2D eigenvalue weighted by molar-refractivity contribution is 14.1. The molecule has 0 aliphatic heterocycles. The van der Waals surface area contributed by atoms with E-state index >= 15 is 0 Å². The van der Waals surface area contributed by atoms with Crippen molar-refractivity contribution in [3.63, 3.8) is 0 Å². The molecule has 0 radical (unpaired) electrons. The highest BCUT2D eigenvalue weighted by Crippen LogP contribution is 2.31. The van der Waals surface area contributed by atoms with Gasteiger partial charge < -0.3 is 0 Å². The highest BCUT2D eigenvalue weighted by Gasteiger charge is 2.27.